The van der Waals surface area contributed by atoms with E-state index in [9.17, 15) is 0 Å². The predicted molar refractivity (Wildman–Crippen MR) is 90.9 cm³/mol. The molecule has 0 aromatic carbocycles. The van der Waals surface area contributed by atoms with Gasteiger partial charge in [0.1, 0.15) is 5.01 Å². The van der Waals surface area contributed by atoms with Crippen LogP contribution in [0.1, 0.15) is 50.7 Å². The molecule has 0 spiro atoms. The molecule has 1 saturated carbocycles. The largest absolute Gasteiger partial charge is 0.352 e. The van der Waals surface area contributed by atoms with Gasteiger partial charge in [-0.25, -0.2) is 4.98 Å². The van der Waals surface area contributed by atoms with Crippen LogP contribution in [0.2, 0.25) is 0 Å². The SMILES string of the molecule is CN=C(NCc1nc(C(C)(C)C)cs1)NC1CCCC1C#N. The highest BCUT2D eigenvalue weighted by molar-refractivity contribution is 7.09. The molecule has 2 rings (SSSR count). The summed E-state index contributed by atoms with van der Waals surface area (Å²) in [7, 11) is 1.76. The molecule has 0 saturated heterocycles. The van der Waals surface area contributed by atoms with Crippen LogP contribution in [0.3, 0.4) is 0 Å². The van der Waals surface area contributed by atoms with Gasteiger partial charge in [0.25, 0.3) is 0 Å². The third-order valence-corrected chi connectivity index (χ3v) is 4.80. The van der Waals surface area contributed by atoms with Crippen molar-refractivity contribution in [2.24, 2.45) is 10.9 Å². The van der Waals surface area contributed by atoms with Crippen molar-refractivity contribution in [1.29, 1.82) is 5.26 Å². The van der Waals surface area contributed by atoms with Gasteiger partial charge in [-0.2, -0.15) is 5.26 Å². The van der Waals surface area contributed by atoms with Crippen molar-refractivity contribution in [2.75, 3.05) is 7.05 Å². The molecule has 0 amide bonds. The number of hydrogen-bond donors (Lipinski definition) is 2. The molecule has 1 aromatic rings. The molecular formula is C16H25N5S. The molecule has 120 valence electrons. The van der Waals surface area contributed by atoms with Gasteiger partial charge >= 0.3 is 0 Å². The lowest BCUT2D eigenvalue weighted by Gasteiger charge is -2.19. The van der Waals surface area contributed by atoms with E-state index in [1.807, 2.05) is 0 Å². The second-order valence-corrected chi connectivity index (χ2v) is 7.66. The highest BCUT2D eigenvalue weighted by Crippen LogP contribution is 2.25. The quantitative estimate of drug-likeness (QED) is 0.664. The van der Waals surface area contributed by atoms with Crippen molar-refractivity contribution in [3.63, 3.8) is 0 Å². The zero-order valence-electron chi connectivity index (χ0n) is 13.8. The zero-order chi connectivity index (χ0) is 16.2. The van der Waals surface area contributed by atoms with Gasteiger partial charge in [0.05, 0.1) is 24.2 Å². The number of nitriles is 1. The molecule has 1 aliphatic rings. The molecule has 0 bridgehead atoms. The van der Waals surface area contributed by atoms with E-state index in [0.717, 1.165) is 35.9 Å². The average Bonchev–Trinajstić information content (AvgIpc) is 3.11. The van der Waals surface area contributed by atoms with E-state index in [2.05, 4.69) is 52.8 Å². The van der Waals surface area contributed by atoms with Crippen LogP contribution >= 0.6 is 11.3 Å². The molecule has 1 heterocycles. The summed E-state index contributed by atoms with van der Waals surface area (Å²) in [5.74, 6) is 0.838. The van der Waals surface area contributed by atoms with Gasteiger partial charge in [0.15, 0.2) is 5.96 Å². The van der Waals surface area contributed by atoms with Crippen LogP contribution < -0.4 is 10.6 Å². The molecule has 2 unspecified atom stereocenters. The van der Waals surface area contributed by atoms with Crippen molar-refractivity contribution in [2.45, 2.75) is 58.0 Å². The predicted octanol–water partition coefficient (Wildman–Crippen LogP) is 2.80. The Morgan fingerprint density at radius 2 is 2.27 bits per heavy atom. The van der Waals surface area contributed by atoms with Crippen LogP contribution in [0.15, 0.2) is 10.4 Å². The summed E-state index contributed by atoms with van der Waals surface area (Å²) in [5.41, 5.74) is 1.20. The van der Waals surface area contributed by atoms with Gasteiger partial charge in [-0.05, 0) is 19.3 Å². The van der Waals surface area contributed by atoms with Crippen molar-refractivity contribution < 1.29 is 0 Å². The summed E-state index contributed by atoms with van der Waals surface area (Å²) < 4.78 is 0. The smallest absolute Gasteiger partial charge is 0.191 e. The first-order valence-electron chi connectivity index (χ1n) is 7.75. The molecule has 22 heavy (non-hydrogen) atoms. The highest BCUT2D eigenvalue weighted by Gasteiger charge is 2.27. The summed E-state index contributed by atoms with van der Waals surface area (Å²) >= 11 is 1.67. The van der Waals surface area contributed by atoms with E-state index in [1.165, 1.54) is 0 Å². The van der Waals surface area contributed by atoms with Gasteiger partial charge in [-0.1, -0.05) is 20.8 Å². The fourth-order valence-electron chi connectivity index (χ4n) is 2.55. The van der Waals surface area contributed by atoms with E-state index in [-0.39, 0.29) is 17.4 Å². The van der Waals surface area contributed by atoms with Crippen molar-refractivity contribution in [1.82, 2.24) is 15.6 Å². The highest BCUT2D eigenvalue weighted by atomic mass is 32.1. The lowest BCUT2D eigenvalue weighted by molar-refractivity contribution is 0.532. The minimum absolute atomic E-state index is 0.0819. The summed E-state index contributed by atoms with van der Waals surface area (Å²) in [6.45, 7) is 7.16. The molecule has 2 atom stereocenters. The maximum atomic E-state index is 9.15. The number of thiazole rings is 1. The second-order valence-electron chi connectivity index (χ2n) is 6.72. The number of guanidine groups is 1. The Morgan fingerprint density at radius 1 is 1.50 bits per heavy atom. The third kappa shape index (κ3) is 4.20. The van der Waals surface area contributed by atoms with Crippen molar-refractivity contribution in [3.05, 3.63) is 16.1 Å². The Balaban J connectivity index is 1.89. The van der Waals surface area contributed by atoms with Crippen LogP contribution in [0.25, 0.3) is 0 Å². The maximum absolute atomic E-state index is 9.15. The molecule has 0 radical (unpaired) electrons. The lowest BCUT2D eigenvalue weighted by Crippen LogP contribution is -2.44. The molecule has 0 aliphatic heterocycles. The van der Waals surface area contributed by atoms with Gasteiger partial charge < -0.3 is 10.6 Å². The summed E-state index contributed by atoms with van der Waals surface area (Å²) in [4.78, 5) is 8.92. The normalized spacial score (nSPS) is 22.4. The van der Waals surface area contributed by atoms with E-state index in [0.29, 0.717) is 6.54 Å². The molecule has 2 N–H and O–H groups in total. The first kappa shape index (κ1) is 16.8. The zero-order valence-corrected chi connectivity index (χ0v) is 14.6. The molecular weight excluding hydrogens is 294 g/mol. The minimum Gasteiger partial charge on any atom is -0.352 e. The Hall–Kier alpha value is -1.61. The first-order chi connectivity index (χ1) is 10.4. The van der Waals surface area contributed by atoms with E-state index in [4.69, 9.17) is 5.26 Å². The summed E-state index contributed by atoms with van der Waals surface area (Å²) in [5, 5.41) is 19.0. The molecule has 5 nitrogen and oxygen atoms in total. The number of aromatic nitrogens is 1. The monoisotopic (exact) mass is 319 g/mol. The standard InChI is InChI=1S/C16H25N5S/c1-16(2,3)13-10-22-14(21-13)9-19-15(18-4)20-12-7-5-6-11(12)8-17/h10-12H,5-7,9H2,1-4H3,(H2,18,19,20). The minimum atomic E-state index is 0.0819. The van der Waals surface area contributed by atoms with Crippen LogP contribution in [0.5, 0.6) is 0 Å². The molecule has 6 heteroatoms. The topological polar surface area (TPSA) is 73.1 Å². The third-order valence-electron chi connectivity index (χ3n) is 3.95. The number of hydrogen-bond acceptors (Lipinski definition) is 4. The Bertz CT molecular complexity index is 564. The molecule has 1 fully saturated rings. The summed E-state index contributed by atoms with van der Waals surface area (Å²) in [6.07, 6.45) is 3.12. The van der Waals surface area contributed by atoms with E-state index < -0.39 is 0 Å². The fraction of sp³-hybridized carbons (Fsp3) is 0.688. The van der Waals surface area contributed by atoms with Crippen molar-refractivity contribution in [3.8, 4) is 6.07 Å². The molecule has 1 aliphatic carbocycles. The number of nitrogens with zero attached hydrogens (tertiary/aromatic N) is 3. The Kier molecular flexibility index (Phi) is 5.41. The van der Waals surface area contributed by atoms with Crippen LogP contribution in [-0.2, 0) is 12.0 Å². The second kappa shape index (κ2) is 7.10. The van der Waals surface area contributed by atoms with Gasteiger partial charge in [0.2, 0.25) is 0 Å². The van der Waals surface area contributed by atoms with Gasteiger partial charge in [-0.3, -0.25) is 4.99 Å². The number of aliphatic imine (C=N–C) groups is 1. The maximum Gasteiger partial charge on any atom is 0.191 e. The number of rotatable bonds is 3. The Morgan fingerprint density at radius 3 is 2.86 bits per heavy atom. The van der Waals surface area contributed by atoms with Crippen molar-refractivity contribution >= 4 is 17.3 Å². The van der Waals surface area contributed by atoms with E-state index >= 15 is 0 Å². The first-order valence-corrected chi connectivity index (χ1v) is 8.63. The lowest BCUT2D eigenvalue weighted by atomic mass is 9.93. The van der Waals surface area contributed by atoms with Crippen LogP contribution in [0.4, 0.5) is 0 Å². The van der Waals surface area contributed by atoms with Crippen LogP contribution in [0, 0.1) is 17.2 Å². The Labute approximate surface area is 136 Å². The summed E-state index contributed by atoms with van der Waals surface area (Å²) in [6, 6.07) is 2.59. The van der Waals surface area contributed by atoms with Gasteiger partial charge in [-0.15, -0.1) is 11.3 Å². The van der Waals surface area contributed by atoms with Crippen LogP contribution in [-0.4, -0.2) is 24.0 Å². The van der Waals surface area contributed by atoms with E-state index in [1.54, 1.807) is 18.4 Å². The number of nitrogens with one attached hydrogen (secondary N) is 2. The fourth-order valence-corrected chi connectivity index (χ4v) is 3.51. The molecule has 1 aromatic heterocycles. The van der Waals surface area contributed by atoms with Gasteiger partial charge in [0, 0.05) is 23.9 Å². The average molecular weight is 319 g/mol.